The van der Waals surface area contributed by atoms with Gasteiger partial charge in [-0.1, -0.05) is 6.92 Å². The zero-order chi connectivity index (χ0) is 14.3. The first kappa shape index (κ1) is 15.3. The maximum atomic E-state index is 11.7. The van der Waals surface area contributed by atoms with Crippen LogP contribution in [0.5, 0.6) is 0 Å². The number of aromatic carboxylic acids is 1. The molecule has 1 rings (SSSR count). The van der Waals surface area contributed by atoms with Gasteiger partial charge in [0.1, 0.15) is 0 Å². The average molecular weight is 283 g/mol. The van der Waals surface area contributed by atoms with Gasteiger partial charge in [-0.3, -0.25) is 0 Å². The molecule has 19 heavy (non-hydrogen) atoms. The standard InChI is InChI=1S/C12H17N3O3S/c1-3-19-7-8(2)14-12(18)15-9-5-4-6-13-10(9)11(16)17/h4-6,8H,3,7H2,1-2H3,(H,16,17)(H2,14,15,18). The van der Waals surface area contributed by atoms with Crippen molar-refractivity contribution in [3.8, 4) is 0 Å². The van der Waals surface area contributed by atoms with Crippen molar-refractivity contribution >= 4 is 29.4 Å². The molecule has 0 saturated heterocycles. The molecule has 0 saturated carbocycles. The Labute approximate surface area is 116 Å². The second-order valence-corrected chi connectivity index (χ2v) is 5.18. The second kappa shape index (κ2) is 7.63. The maximum Gasteiger partial charge on any atom is 0.356 e. The lowest BCUT2D eigenvalue weighted by Gasteiger charge is -2.14. The number of carbonyl (C=O) groups excluding carboxylic acids is 1. The molecule has 1 heterocycles. The van der Waals surface area contributed by atoms with Crippen LogP contribution in [-0.4, -0.2) is 39.6 Å². The maximum absolute atomic E-state index is 11.7. The van der Waals surface area contributed by atoms with E-state index < -0.39 is 12.0 Å². The molecule has 0 aromatic carbocycles. The van der Waals surface area contributed by atoms with Crippen molar-refractivity contribution < 1.29 is 14.7 Å². The van der Waals surface area contributed by atoms with E-state index in [1.54, 1.807) is 17.8 Å². The highest BCUT2D eigenvalue weighted by atomic mass is 32.2. The quantitative estimate of drug-likeness (QED) is 0.743. The number of carboxylic acid groups (broad SMARTS) is 1. The van der Waals surface area contributed by atoms with Crippen LogP contribution >= 0.6 is 11.8 Å². The van der Waals surface area contributed by atoms with E-state index in [0.717, 1.165) is 11.5 Å². The molecule has 104 valence electrons. The topological polar surface area (TPSA) is 91.3 Å². The first-order valence-corrected chi connectivity index (χ1v) is 7.03. The predicted molar refractivity (Wildman–Crippen MR) is 75.8 cm³/mol. The number of anilines is 1. The van der Waals surface area contributed by atoms with Crippen LogP contribution in [0.4, 0.5) is 10.5 Å². The Balaban J connectivity index is 2.60. The minimum absolute atomic E-state index is 0.00917. The minimum atomic E-state index is -1.18. The molecule has 6 nitrogen and oxygen atoms in total. The summed E-state index contributed by atoms with van der Waals surface area (Å²) in [6, 6.07) is 2.65. The van der Waals surface area contributed by atoms with Crippen LogP contribution < -0.4 is 10.6 Å². The van der Waals surface area contributed by atoms with Crippen LogP contribution in [0.1, 0.15) is 24.3 Å². The molecular weight excluding hydrogens is 266 g/mol. The highest BCUT2D eigenvalue weighted by Crippen LogP contribution is 2.11. The first-order valence-electron chi connectivity index (χ1n) is 5.88. The van der Waals surface area contributed by atoms with Gasteiger partial charge in [0.15, 0.2) is 5.69 Å². The number of pyridine rings is 1. The third-order valence-corrected chi connectivity index (χ3v) is 3.35. The second-order valence-electron chi connectivity index (χ2n) is 3.86. The number of hydrogen-bond acceptors (Lipinski definition) is 4. The predicted octanol–water partition coefficient (Wildman–Crippen LogP) is 2.04. The zero-order valence-corrected chi connectivity index (χ0v) is 11.7. The summed E-state index contributed by atoms with van der Waals surface area (Å²) < 4.78 is 0. The number of urea groups is 1. The normalized spacial score (nSPS) is 11.7. The van der Waals surface area contributed by atoms with Crippen molar-refractivity contribution in [2.75, 3.05) is 16.8 Å². The van der Waals surface area contributed by atoms with Crippen LogP contribution in [0.2, 0.25) is 0 Å². The number of carboxylic acids is 1. The van der Waals surface area contributed by atoms with E-state index in [1.807, 2.05) is 13.8 Å². The van der Waals surface area contributed by atoms with Gasteiger partial charge in [-0.15, -0.1) is 0 Å². The first-order chi connectivity index (χ1) is 9.04. The van der Waals surface area contributed by atoms with E-state index >= 15 is 0 Å². The third kappa shape index (κ3) is 5.17. The molecule has 0 radical (unpaired) electrons. The highest BCUT2D eigenvalue weighted by molar-refractivity contribution is 7.99. The van der Waals surface area contributed by atoms with Crippen molar-refractivity contribution in [2.45, 2.75) is 19.9 Å². The van der Waals surface area contributed by atoms with Crippen molar-refractivity contribution in [3.05, 3.63) is 24.0 Å². The van der Waals surface area contributed by atoms with E-state index in [1.165, 1.54) is 12.3 Å². The van der Waals surface area contributed by atoms with Gasteiger partial charge >= 0.3 is 12.0 Å². The number of nitrogens with one attached hydrogen (secondary N) is 2. The summed E-state index contributed by atoms with van der Waals surface area (Å²) in [5, 5.41) is 14.2. The number of amides is 2. The Morgan fingerprint density at radius 3 is 2.89 bits per heavy atom. The molecule has 1 atom stereocenters. The van der Waals surface area contributed by atoms with Gasteiger partial charge in [-0.2, -0.15) is 11.8 Å². The van der Waals surface area contributed by atoms with Gasteiger partial charge < -0.3 is 15.7 Å². The zero-order valence-electron chi connectivity index (χ0n) is 10.8. The van der Waals surface area contributed by atoms with Gasteiger partial charge in [0.25, 0.3) is 0 Å². The van der Waals surface area contributed by atoms with Crippen LogP contribution in [0.25, 0.3) is 0 Å². The lowest BCUT2D eigenvalue weighted by Crippen LogP contribution is -2.37. The molecule has 3 N–H and O–H groups in total. The van der Waals surface area contributed by atoms with Crippen LogP contribution in [0.15, 0.2) is 18.3 Å². The van der Waals surface area contributed by atoms with Gasteiger partial charge in [-0.05, 0) is 24.8 Å². The monoisotopic (exact) mass is 283 g/mol. The summed E-state index contributed by atoms with van der Waals surface area (Å²) in [7, 11) is 0. The SMILES string of the molecule is CCSCC(C)NC(=O)Nc1cccnc1C(=O)O. The largest absolute Gasteiger partial charge is 0.476 e. The summed E-state index contributed by atoms with van der Waals surface area (Å²) >= 11 is 1.72. The highest BCUT2D eigenvalue weighted by Gasteiger charge is 2.14. The fourth-order valence-electron chi connectivity index (χ4n) is 1.40. The van der Waals surface area contributed by atoms with E-state index in [4.69, 9.17) is 5.11 Å². The summed E-state index contributed by atoms with van der Waals surface area (Å²) in [4.78, 5) is 26.4. The van der Waals surface area contributed by atoms with Crippen LogP contribution in [-0.2, 0) is 0 Å². The van der Waals surface area contributed by atoms with Crippen molar-refractivity contribution in [1.29, 1.82) is 0 Å². The molecular formula is C12H17N3O3S. The molecule has 2 amide bonds. The molecule has 0 aliphatic carbocycles. The molecule has 1 unspecified atom stereocenters. The minimum Gasteiger partial charge on any atom is -0.476 e. The lowest BCUT2D eigenvalue weighted by atomic mass is 10.3. The Morgan fingerprint density at radius 2 is 2.26 bits per heavy atom. The van der Waals surface area contributed by atoms with Gasteiger partial charge in [0.05, 0.1) is 5.69 Å². The Morgan fingerprint density at radius 1 is 1.53 bits per heavy atom. The van der Waals surface area contributed by atoms with Gasteiger partial charge in [0.2, 0.25) is 0 Å². The summed E-state index contributed by atoms with van der Waals surface area (Å²) in [5.41, 5.74) is 0.0103. The van der Waals surface area contributed by atoms with Crippen molar-refractivity contribution in [1.82, 2.24) is 10.3 Å². The third-order valence-electron chi connectivity index (χ3n) is 2.21. The summed E-state index contributed by atoms with van der Waals surface area (Å²) in [6.07, 6.45) is 1.37. The smallest absolute Gasteiger partial charge is 0.356 e. The van der Waals surface area contributed by atoms with E-state index in [2.05, 4.69) is 15.6 Å². The molecule has 0 aliphatic rings. The lowest BCUT2D eigenvalue weighted by molar-refractivity contribution is 0.0692. The molecule has 1 aromatic heterocycles. The molecule has 0 bridgehead atoms. The number of nitrogens with zero attached hydrogens (tertiary/aromatic N) is 1. The van der Waals surface area contributed by atoms with Crippen LogP contribution in [0.3, 0.4) is 0 Å². The molecule has 0 spiro atoms. The van der Waals surface area contributed by atoms with Crippen molar-refractivity contribution in [2.24, 2.45) is 0 Å². The molecule has 1 aromatic rings. The van der Waals surface area contributed by atoms with Crippen molar-refractivity contribution in [3.63, 3.8) is 0 Å². The number of hydrogen-bond donors (Lipinski definition) is 3. The van der Waals surface area contributed by atoms with Gasteiger partial charge in [0, 0.05) is 18.0 Å². The average Bonchev–Trinajstić information content (AvgIpc) is 2.36. The fraction of sp³-hybridized carbons (Fsp3) is 0.417. The van der Waals surface area contributed by atoms with Gasteiger partial charge in [-0.25, -0.2) is 14.6 Å². The number of aromatic nitrogens is 1. The molecule has 7 heteroatoms. The number of thioether (sulfide) groups is 1. The Bertz CT molecular complexity index is 454. The number of carbonyl (C=O) groups is 2. The van der Waals surface area contributed by atoms with Crippen LogP contribution in [0, 0.1) is 0 Å². The summed E-state index contributed by atoms with van der Waals surface area (Å²) in [5.74, 6) is 0.618. The van der Waals surface area contributed by atoms with E-state index in [0.29, 0.717) is 0 Å². The Hall–Kier alpha value is -1.76. The molecule has 0 fully saturated rings. The van der Waals surface area contributed by atoms with E-state index in [9.17, 15) is 9.59 Å². The fourth-order valence-corrected chi connectivity index (χ4v) is 2.07. The Kier molecular flexibility index (Phi) is 6.14. The number of rotatable bonds is 6. The summed E-state index contributed by atoms with van der Waals surface area (Å²) in [6.45, 7) is 3.94. The molecule has 0 aliphatic heterocycles. The van der Waals surface area contributed by atoms with E-state index in [-0.39, 0.29) is 17.4 Å².